The molecule has 0 unspecified atom stereocenters. The molecule has 1 atom stereocenters. The van der Waals surface area contributed by atoms with Gasteiger partial charge >= 0.3 is 5.97 Å². The fourth-order valence-electron chi connectivity index (χ4n) is 1.95. The Hall–Kier alpha value is -2.28. The van der Waals surface area contributed by atoms with E-state index in [4.69, 9.17) is 4.74 Å². The lowest BCUT2D eigenvalue weighted by molar-refractivity contribution is -0.144. The maximum Gasteiger partial charge on any atom is 0.306 e. The van der Waals surface area contributed by atoms with Gasteiger partial charge in [0.25, 0.3) is 0 Å². The molecule has 0 fully saturated rings. The first kappa shape index (κ1) is 18.8. The Morgan fingerprint density at radius 1 is 1.26 bits per heavy atom. The molecule has 2 N–H and O–H groups in total. The number of phenols is 2. The molecule has 0 saturated carbocycles. The Kier molecular flexibility index (Phi) is 7.90. The van der Waals surface area contributed by atoms with Crippen molar-refractivity contribution in [1.82, 2.24) is 0 Å². The standard InChI is InChI=1S/C16H18O6S/c17-5-3-12(13(9-18)10-23)8-16(21)22-6-4-11-1-2-14(19)15(20)7-11/h1-2,5,7,9-10,12,19-20,23H,3-4,6,8H2/b13-10-/t12-/m0/s1. The third-order valence-electron chi connectivity index (χ3n) is 3.24. The number of allylic oxidation sites excluding steroid dienone is 1. The first-order valence-electron chi connectivity index (χ1n) is 6.91. The van der Waals surface area contributed by atoms with Crippen LogP contribution in [0.1, 0.15) is 18.4 Å². The van der Waals surface area contributed by atoms with E-state index in [1.807, 2.05) is 0 Å². The molecule has 0 radical (unpaired) electrons. The third kappa shape index (κ3) is 6.15. The van der Waals surface area contributed by atoms with Crippen LogP contribution >= 0.6 is 12.6 Å². The van der Waals surface area contributed by atoms with Crippen molar-refractivity contribution in [2.75, 3.05) is 6.61 Å². The van der Waals surface area contributed by atoms with Crippen molar-refractivity contribution >= 4 is 31.2 Å². The molecule has 7 heteroatoms. The number of esters is 1. The van der Waals surface area contributed by atoms with Crippen molar-refractivity contribution in [3.05, 3.63) is 34.7 Å². The van der Waals surface area contributed by atoms with Crippen LogP contribution in [0.4, 0.5) is 0 Å². The van der Waals surface area contributed by atoms with Crippen LogP contribution in [0, 0.1) is 5.92 Å². The lowest BCUT2D eigenvalue weighted by Crippen LogP contribution is -2.16. The molecular formula is C16H18O6S. The van der Waals surface area contributed by atoms with E-state index in [0.29, 0.717) is 24.6 Å². The van der Waals surface area contributed by atoms with Gasteiger partial charge in [-0.05, 0) is 23.1 Å². The zero-order chi connectivity index (χ0) is 17.2. The predicted molar refractivity (Wildman–Crippen MR) is 86.4 cm³/mol. The van der Waals surface area contributed by atoms with Crippen LogP contribution in [0.2, 0.25) is 0 Å². The number of carbonyl (C=O) groups excluding carboxylic acids is 3. The Morgan fingerprint density at radius 3 is 2.57 bits per heavy atom. The summed E-state index contributed by atoms with van der Waals surface area (Å²) in [5.74, 6) is -1.54. The SMILES string of the molecule is O=CC[C@@H](CC(=O)OCCc1ccc(O)c(O)c1)/C(C=O)=C\S. The van der Waals surface area contributed by atoms with Crippen LogP contribution in [-0.4, -0.2) is 35.4 Å². The fourth-order valence-corrected chi connectivity index (χ4v) is 2.22. The second kappa shape index (κ2) is 9.68. The summed E-state index contributed by atoms with van der Waals surface area (Å²) in [7, 11) is 0. The number of ether oxygens (including phenoxy) is 1. The van der Waals surface area contributed by atoms with E-state index >= 15 is 0 Å². The lowest BCUT2D eigenvalue weighted by Gasteiger charge is -2.13. The van der Waals surface area contributed by atoms with Gasteiger partial charge in [0.2, 0.25) is 0 Å². The van der Waals surface area contributed by atoms with Gasteiger partial charge in [-0.15, -0.1) is 0 Å². The highest BCUT2D eigenvalue weighted by Crippen LogP contribution is 2.25. The maximum absolute atomic E-state index is 11.8. The van der Waals surface area contributed by atoms with Crippen LogP contribution in [-0.2, 0) is 25.5 Å². The summed E-state index contributed by atoms with van der Waals surface area (Å²) in [5.41, 5.74) is 0.960. The molecule has 124 valence electrons. The van der Waals surface area contributed by atoms with E-state index in [2.05, 4.69) is 12.6 Å². The quantitative estimate of drug-likeness (QED) is 0.209. The molecule has 1 aromatic carbocycles. The molecule has 6 nitrogen and oxygen atoms in total. The van der Waals surface area contributed by atoms with E-state index < -0.39 is 11.9 Å². The molecule has 0 saturated heterocycles. The van der Waals surface area contributed by atoms with Crippen molar-refractivity contribution in [3.8, 4) is 11.5 Å². The second-order valence-electron chi connectivity index (χ2n) is 4.84. The van der Waals surface area contributed by atoms with Gasteiger partial charge in [-0.3, -0.25) is 9.59 Å². The van der Waals surface area contributed by atoms with Crippen LogP contribution in [0.5, 0.6) is 11.5 Å². The van der Waals surface area contributed by atoms with E-state index in [1.54, 1.807) is 6.07 Å². The maximum atomic E-state index is 11.8. The molecule has 0 heterocycles. The lowest BCUT2D eigenvalue weighted by atomic mass is 9.95. The number of aromatic hydroxyl groups is 2. The van der Waals surface area contributed by atoms with Gasteiger partial charge < -0.3 is 19.7 Å². The van der Waals surface area contributed by atoms with E-state index in [0.717, 1.165) is 0 Å². The average Bonchev–Trinajstić information content (AvgIpc) is 2.52. The first-order chi connectivity index (χ1) is 11.0. The van der Waals surface area contributed by atoms with Crippen LogP contribution in [0.25, 0.3) is 0 Å². The summed E-state index contributed by atoms with van der Waals surface area (Å²) < 4.78 is 5.06. The number of rotatable bonds is 9. The van der Waals surface area contributed by atoms with Gasteiger partial charge in [0.1, 0.15) is 12.6 Å². The molecule has 0 amide bonds. The number of aldehydes is 2. The van der Waals surface area contributed by atoms with Gasteiger partial charge in [-0.1, -0.05) is 6.07 Å². The normalized spacial score (nSPS) is 12.5. The minimum absolute atomic E-state index is 0.0338. The Morgan fingerprint density at radius 2 is 2.00 bits per heavy atom. The largest absolute Gasteiger partial charge is 0.504 e. The number of phenolic OH excluding ortho intramolecular Hbond substituents is 2. The number of hydrogen-bond donors (Lipinski definition) is 3. The molecule has 0 bridgehead atoms. The highest BCUT2D eigenvalue weighted by Gasteiger charge is 2.18. The molecule has 0 aliphatic rings. The minimum atomic E-state index is -0.548. The molecule has 1 rings (SSSR count). The number of hydrogen-bond acceptors (Lipinski definition) is 7. The molecule has 0 aromatic heterocycles. The number of carbonyl (C=O) groups is 3. The van der Waals surface area contributed by atoms with Crippen molar-refractivity contribution in [2.24, 2.45) is 5.92 Å². The molecule has 0 aliphatic carbocycles. The zero-order valence-electron chi connectivity index (χ0n) is 12.3. The highest BCUT2D eigenvalue weighted by atomic mass is 32.1. The fraction of sp³-hybridized carbons (Fsp3) is 0.312. The van der Waals surface area contributed by atoms with Crippen LogP contribution in [0.15, 0.2) is 29.2 Å². The second-order valence-corrected chi connectivity index (χ2v) is 5.10. The summed E-state index contributed by atoms with van der Waals surface area (Å²) >= 11 is 3.88. The molecular weight excluding hydrogens is 320 g/mol. The molecule has 0 spiro atoms. The van der Waals surface area contributed by atoms with E-state index in [-0.39, 0.29) is 36.5 Å². The zero-order valence-corrected chi connectivity index (χ0v) is 13.2. The van der Waals surface area contributed by atoms with Crippen LogP contribution < -0.4 is 0 Å². The van der Waals surface area contributed by atoms with Gasteiger partial charge in [0, 0.05) is 24.3 Å². The Bertz CT molecular complexity index is 596. The third-order valence-corrected chi connectivity index (χ3v) is 3.54. The van der Waals surface area contributed by atoms with E-state index in [9.17, 15) is 24.6 Å². The predicted octanol–water partition coefficient (Wildman–Crippen LogP) is 1.79. The summed E-state index contributed by atoms with van der Waals surface area (Å²) in [5, 5.41) is 19.8. The number of benzene rings is 1. The van der Waals surface area contributed by atoms with Crippen molar-refractivity contribution < 1.29 is 29.3 Å². The summed E-state index contributed by atoms with van der Waals surface area (Å²) in [4.78, 5) is 33.3. The summed E-state index contributed by atoms with van der Waals surface area (Å²) in [6.07, 6.45) is 1.50. The van der Waals surface area contributed by atoms with Gasteiger partial charge in [-0.2, -0.15) is 12.6 Å². The van der Waals surface area contributed by atoms with Crippen LogP contribution in [0.3, 0.4) is 0 Å². The molecule has 23 heavy (non-hydrogen) atoms. The highest BCUT2D eigenvalue weighted by molar-refractivity contribution is 7.83. The van der Waals surface area contributed by atoms with Gasteiger partial charge in [0.15, 0.2) is 11.5 Å². The van der Waals surface area contributed by atoms with Crippen molar-refractivity contribution in [3.63, 3.8) is 0 Å². The topological polar surface area (TPSA) is 101 Å². The van der Waals surface area contributed by atoms with Crippen molar-refractivity contribution in [1.29, 1.82) is 0 Å². The molecule has 0 aliphatic heterocycles. The molecule has 1 aromatic rings. The van der Waals surface area contributed by atoms with Gasteiger partial charge in [0.05, 0.1) is 13.0 Å². The van der Waals surface area contributed by atoms with E-state index in [1.165, 1.54) is 17.5 Å². The summed E-state index contributed by atoms with van der Waals surface area (Å²) in [6, 6.07) is 4.33. The monoisotopic (exact) mass is 338 g/mol. The minimum Gasteiger partial charge on any atom is -0.504 e. The Labute approximate surface area is 139 Å². The van der Waals surface area contributed by atoms with Crippen molar-refractivity contribution in [2.45, 2.75) is 19.3 Å². The summed E-state index contributed by atoms with van der Waals surface area (Å²) in [6.45, 7) is 0.0812. The average molecular weight is 338 g/mol. The number of thiol groups is 1. The Balaban J connectivity index is 2.50. The first-order valence-corrected chi connectivity index (χ1v) is 7.43. The van der Waals surface area contributed by atoms with Gasteiger partial charge in [-0.25, -0.2) is 0 Å². The smallest absolute Gasteiger partial charge is 0.306 e.